The summed E-state index contributed by atoms with van der Waals surface area (Å²) in [5, 5.41) is 0. The Morgan fingerprint density at radius 3 is 1.95 bits per heavy atom. The molecule has 0 aliphatic carbocycles. The van der Waals surface area contributed by atoms with Crippen LogP contribution in [0.2, 0.25) is 0 Å². The zero-order valence-corrected chi connectivity index (χ0v) is 13.6. The molecule has 0 bridgehead atoms. The predicted molar refractivity (Wildman–Crippen MR) is 84.6 cm³/mol. The number of ether oxygens (including phenoxy) is 3. The standard InChI is InChI=1S/C17H27NO3/c1-5-14(18-9-7-6-8-10-18)17-15(20-3)11-13(19-2)12-16(17)21-4/h11-12,14H,5-10H2,1-4H3. The van der Waals surface area contributed by atoms with Gasteiger partial charge in [-0.1, -0.05) is 13.3 Å². The van der Waals surface area contributed by atoms with Crippen LogP contribution in [-0.4, -0.2) is 39.3 Å². The van der Waals surface area contributed by atoms with E-state index in [9.17, 15) is 0 Å². The third-order valence-corrected chi connectivity index (χ3v) is 4.30. The first-order chi connectivity index (χ1) is 10.2. The molecular weight excluding hydrogens is 266 g/mol. The minimum atomic E-state index is 0.334. The summed E-state index contributed by atoms with van der Waals surface area (Å²) in [6.07, 6.45) is 4.93. The summed E-state index contributed by atoms with van der Waals surface area (Å²) >= 11 is 0. The number of nitrogens with zero attached hydrogens (tertiary/aromatic N) is 1. The molecule has 0 radical (unpaired) electrons. The fourth-order valence-corrected chi connectivity index (χ4v) is 3.24. The first-order valence-electron chi connectivity index (χ1n) is 7.79. The van der Waals surface area contributed by atoms with Crippen LogP contribution >= 0.6 is 0 Å². The van der Waals surface area contributed by atoms with Gasteiger partial charge in [0.15, 0.2) is 0 Å². The van der Waals surface area contributed by atoms with Crippen LogP contribution < -0.4 is 14.2 Å². The van der Waals surface area contributed by atoms with Crippen LogP contribution in [0.4, 0.5) is 0 Å². The average Bonchev–Trinajstić information content (AvgIpc) is 2.56. The zero-order valence-electron chi connectivity index (χ0n) is 13.6. The molecule has 1 heterocycles. The topological polar surface area (TPSA) is 30.9 Å². The number of methoxy groups -OCH3 is 3. The molecule has 1 aromatic rings. The van der Waals surface area contributed by atoms with Crippen LogP contribution in [0.15, 0.2) is 12.1 Å². The number of hydrogen-bond acceptors (Lipinski definition) is 4. The molecule has 4 heteroatoms. The highest BCUT2D eigenvalue weighted by Gasteiger charge is 2.27. The number of hydrogen-bond donors (Lipinski definition) is 0. The Balaban J connectivity index is 2.42. The van der Waals surface area contributed by atoms with Crippen LogP contribution in [0, 0.1) is 0 Å². The van der Waals surface area contributed by atoms with Crippen molar-refractivity contribution in [3.05, 3.63) is 17.7 Å². The number of benzene rings is 1. The number of piperidine rings is 1. The van der Waals surface area contributed by atoms with Gasteiger partial charge in [0.25, 0.3) is 0 Å². The summed E-state index contributed by atoms with van der Waals surface area (Å²) in [5.41, 5.74) is 1.14. The summed E-state index contributed by atoms with van der Waals surface area (Å²) in [6.45, 7) is 4.52. The normalized spacial score (nSPS) is 17.3. The lowest BCUT2D eigenvalue weighted by molar-refractivity contribution is 0.154. The molecule has 0 N–H and O–H groups in total. The summed E-state index contributed by atoms with van der Waals surface area (Å²) in [6, 6.07) is 4.23. The quantitative estimate of drug-likeness (QED) is 0.801. The highest BCUT2D eigenvalue weighted by Crippen LogP contribution is 2.42. The molecule has 1 saturated heterocycles. The molecule has 118 valence electrons. The van der Waals surface area contributed by atoms with E-state index in [-0.39, 0.29) is 0 Å². The average molecular weight is 293 g/mol. The lowest BCUT2D eigenvalue weighted by Gasteiger charge is -2.35. The van der Waals surface area contributed by atoms with E-state index in [1.54, 1.807) is 21.3 Å². The summed E-state index contributed by atoms with van der Waals surface area (Å²) in [7, 11) is 5.08. The third-order valence-electron chi connectivity index (χ3n) is 4.30. The monoisotopic (exact) mass is 293 g/mol. The molecule has 1 aromatic carbocycles. The van der Waals surface area contributed by atoms with Crippen molar-refractivity contribution in [1.82, 2.24) is 4.90 Å². The van der Waals surface area contributed by atoms with Crippen LogP contribution in [0.5, 0.6) is 17.2 Å². The van der Waals surface area contributed by atoms with E-state index < -0.39 is 0 Å². The van der Waals surface area contributed by atoms with E-state index in [0.29, 0.717) is 6.04 Å². The molecule has 21 heavy (non-hydrogen) atoms. The van der Waals surface area contributed by atoms with Gasteiger partial charge in [-0.05, 0) is 32.4 Å². The molecule has 0 saturated carbocycles. The largest absolute Gasteiger partial charge is 0.496 e. The molecule has 1 atom stereocenters. The first kappa shape index (κ1) is 16.0. The Morgan fingerprint density at radius 2 is 1.52 bits per heavy atom. The lowest BCUT2D eigenvalue weighted by Crippen LogP contribution is -2.33. The van der Waals surface area contributed by atoms with Gasteiger partial charge in [-0.15, -0.1) is 0 Å². The molecule has 4 nitrogen and oxygen atoms in total. The Hall–Kier alpha value is -1.42. The van der Waals surface area contributed by atoms with Gasteiger partial charge in [0.1, 0.15) is 17.2 Å². The van der Waals surface area contributed by atoms with E-state index in [2.05, 4.69) is 11.8 Å². The van der Waals surface area contributed by atoms with Crippen molar-refractivity contribution < 1.29 is 14.2 Å². The Bertz CT molecular complexity index is 430. The first-order valence-corrected chi connectivity index (χ1v) is 7.79. The molecule has 0 spiro atoms. The zero-order chi connectivity index (χ0) is 15.2. The van der Waals surface area contributed by atoms with E-state index in [0.717, 1.165) is 42.3 Å². The molecule has 1 aliphatic rings. The van der Waals surface area contributed by atoms with Crippen LogP contribution in [-0.2, 0) is 0 Å². The van der Waals surface area contributed by atoms with Crippen molar-refractivity contribution in [2.75, 3.05) is 34.4 Å². The maximum absolute atomic E-state index is 5.62. The van der Waals surface area contributed by atoms with Gasteiger partial charge in [0, 0.05) is 18.2 Å². The Morgan fingerprint density at radius 1 is 0.952 bits per heavy atom. The second kappa shape index (κ2) is 7.55. The molecule has 0 amide bonds. The van der Waals surface area contributed by atoms with Gasteiger partial charge >= 0.3 is 0 Å². The Labute approximate surface area is 128 Å². The second-order valence-corrected chi connectivity index (χ2v) is 5.47. The van der Waals surface area contributed by atoms with Crippen LogP contribution in [0.25, 0.3) is 0 Å². The van der Waals surface area contributed by atoms with Gasteiger partial charge in [-0.3, -0.25) is 4.90 Å². The van der Waals surface area contributed by atoms with Gasteiger partial charge in [0.2, 0.25) is 0 Å². The summed E-state index contributed by atoms with van der Waals surface area (Å²) in [4.78, 5) is 2.55. The van der Waals surface area contributed by atoms with Crippen molar-refractivity contribution in [2.45, 2.75) is 38.6 Å². The van der Waals surface area contributed by atoms with E-state index >= 15 is 0 Å². The lowest BCUT2D eigenvalue weighted by atomic mass is 9.97. The van der Waals surface area contributed by atoms with Crippen molar-refractivity contribution in [3.8, 4) is 17.2 Å². The molecule has 2 rings (SSSR count). The SMILES string of the molecule is CCC(c1c(OC)cc(OC)cc1OC)N1CCCCC1. The highest BCUT2D eigenvalue weighted by atomic mass is 16.5. The van der Waals surface area contributed by atoms with Gasteiger partial charge in [-0.25, -0.2) is 0 Å². The summed E-state index contributed by atoms with van der Waals surface area (Å²) < 4.78 is 16.6. The smallest absolute Gasteiger partial charge is 0.131 e. The van der Waals surface area contributed by atoms with Crippen LogP contribution in [0.3, 0.4) is 0 Å². The van der Waals surface area contributed by atoms with E-state index in [4.69, 9.17) is 14.2 Å². The van der Waals surface area contributed by atoms with E-state index in [1.165, 1.54) is 19.3 Å². The van der Waals surface area contributed by atoms with Crippen molar-refractivity contribution in [1.29, 1.82) is 0 Å². The molecule has 1 aliphatic heterocycles. The van der Waals surface area contributed by atoms with Crippen molar-refractivity contribution >= 4 is 0 Å². The highest BCUT2D eigenvalue weighted by molar-refractivity contribution is 5.52. The van der Waals surface area contributed by atoms with Crippen LogP contribution in [0.1, 0.15) is 44.2 Å². The third kappa shape index (κ3) is 3.43. The van der Waals surface area contributed by atoms with Crippen molar-refractivity contribution in [2.24, 2.45) is 0 Å². The predicted octanol–water partition coefficient (Wildman–Crippen LogP) is 3.65. The molecular formula is C17H27NO3. The van der Waals surface area contributed by atoms with Gasteiger partial charge in [0.05, 0.1) is 26.9 Å². The fourth-order valence-electron chi connectivity index (χ4n) is 3.24. The molecule has 1 fully saturated rings. The number of rotatable bonds is 6. The maximum atomic E-state index is 5.62. The fraction of sp³-hybridized carbons (Fsp3) is 0.647. The summed E-state index contributed by atoms with van der Waals surface area (Å²) in [5.74, 6) is 2.47. The van der Waals surface area contributed by atoms with Crippen molar-refractivity contribution in [3.63, 3.8) is 0 Å². The Kier molecular flexibility index (Phi) is 5.74. The molecule has 1 unspecified atom stereocenters. The molecule has 0 aromatic heterocycles. The number of likely N-dealkylation sites (tertiary alicyclic amines) is 1. The minimum Gasteiger partial charge on any atom is -0.496 e. The second-order valence-electron chi connectivity index (χ2n) is 5.47. The van der Waals surface area contributed by atoms with Gasteiger partial charge < -0.3 is 14.2 Å². The maximum Gasteiger partial charge on any atom is 0.131 e. The van der Waals surface area contributed by atoms with E-state index in [1.807, 2.05) is 12.1 Å². The minimum absolute atomic E-state index is 0.334. The van der Waals surface area contributed by atoms with Gasteiger partial charge in [-0.2, -0.15) is 0 Å².